The van der Waals surface area contributed by atoms with E-state index in [0.717, 1.165) is 31.9 Å². The number of piperazine rings is 1. The molecule has 38 heavy (non-hydrogen) atoms. The van der Waals surface area contributed by atoms with Crippen LogP contribution >= 0.6 is 40.5 Å². The first kappa shape index (κ1) is 36.6. The van der Waals surface area contributed by atoms with Crippen molar-refractivity contribution < 1.29 is 23.9 Å². The van der Waals surface area contributed by atoms with Crippen LogP contribution in [0, 0.1) is 5.41 Å². The van der Waals surface area contributed by atoms with Crippen LogP contribution in [0.25, 0.3) is 0 Å². The van der Waals surface area contributed by atoms with Crippen molar-refractivity contribution in [3.05, 3.63) is 29.8 Å². The molecule has 0 aliphatic carbocycles. The summed E-state index contributed by atoms with van der Waals surface area (Å²) in [5.41, 5.74) is 1.02. The van der Waals surface area contributed by atoms with Crippen LogP contribution < -0.4 is 10.2 Å². The SMILES string of the molecule is C.CO[C@@H]1CN(C(=O)[C@@H](NC(=O)c2ccc(N3CCN(C)CC3)cc2)C(C)(C)C)[C@@H]2C(=O)CO[C@@H]21.S.S.S. The third kappa shape index (κ3) is 7.60. The Morgan fingerprint density at radius 1 is 1.05 bits per heavy atom. The van der Waals surface area contributed by atoms with Crippen molar-refractivity contribution in [2.24, 2.45) is 5.41 Å². The van der Waals surface area contributed by atoms with Crippen molar-refractivity contribution in [1.82, 2.24) is 15.1 Å². The van der Waals surface area contributed by atoms with E-state index in [-0.39, 0.29) is 84.8 Å². The number of fused-ring (bicyclic) bond motifs is 1. The topological polar surface area (TPSA) is 91.4 Å². The fourth-order valence-electron chi connectivity index (χ4n) is 4.96. The number of ether oxygens (including phenoxy) is 2. The molecule has 0 spiro atoms. The lowest BCUT2D eigenvalue weighted by Gasteiger charge is -2.35. The number of hydrogen-bond donors (Lipinski definition) is 1. The van der Waals surface area contributed by atoms with Crippen LogP contribution in [-0.4, -0.2) is 105 Å². The Balaban J connectivity index is 0.00000342. The average molecular weight is 591 g/mol. The average Bonchev–Trinajstić information content (AvgIpc) is 3.37. The van der Waals surface area contributed by atoms with Crippen LogP contribution in [0.5, 0.6) is 0 Å². The molecule has 0 aromatic heterocycles. The van der Waals surface area contributed by atoms with Gasteiger partial charge in [-0.1, -0.05) is 28.2 Å². The molecule has 3 heterocycles. The van der Waals surface area contributed by atoms with Crippen LogP contribution in [-0.2, 0) is 19.1 Å². The molecule has 9 nitrogen and oxygen atoms in total. The van der Waals surface area contributed by atoms with Gasteiger partial charge in [0.2, 0.25) is 5.91 Å². The largest absolute Gasteiger partial charge is 0.377 e. The van der Waals surface area contributed by atoms with E-state index in [0.29, 0.717) is 5.56 Å². The van der Waals surface area contributed by atoms with Crippen LogP contribution in [0.4, 0.5) is 5.69 Å². The first-order chi connectivity index (χ1) is 16.1. The first-order valence-corrected chi connectivity index (χ1v) is 11.9. The molecule has 4 atom stereocenters. The Hall–Kier alpha value is -1.44. The minimum Gasteiger partial charge on any atom is -0.377 e. The Kier molecular flexibility index (Phi) is 14.2. The van der Waals surface area contributed by atoms with Gasteiger partial charge in [0, 0.05) is 44.5 Å². The van der Waals surface area contributed by atoms with Crippen molar-refractivity contribution in [1.29, 1.82) is 0 Å². The van der Waals surface area contributed by atoms with Gasteiger partial charge in [0.05, 0.1) is 6.54 Å². The summed E-state index contributed by atoms with van der Waals surface area (Å²) in [6.07, 6.45) is -0.821. The molecule has 1 aromatic rings. The molecule has 0 unspecified atom stereocenters. The number of nitrogens with zero attached hydrogens (tertiary/aromatic N) is 3. The second kappa shape index (κ2) is 14.8. The van der Waals surface area contributed by atoms with Gasteiger partial charge in [-0.25, -0.2) is 0 Å². The number of likely N-dealkylation sites (N-methyl/N-ethyl adjacent to an activating group) is 1. The number of anilines is 1. The van der Waals surface area contributed by atoms with Crippen LogP contribution in [0.15, 0.2) is 24.3 Å². The maximum Gasteiger partial charge on any atom is 0.251 e. The Bertz CT molecular complexity index is 936. The van der Waals surface area contributed by atoms with Gasteiger partial charge in [-0.05, 0) is 36.7 Å². The number of ketones is 1. The van der Waals surface area contributed by atoms with Crippen LogP contribution in [0.1, 0.15) is 38.6 Å². The molecule has 0 radical (unpaired) electrons. The van der Waals surface area contributed by atoms with Gasteiger partial charge >= 0.3 is 0 Å². The van der Waals surface area contributed by atoms with Gasteiger partial charge < -0.3 is 29.5 Å². The molecule has 12 heteroatoms. The predicted molar refractivity (Wildman–Crippen MR) is 166 cm³/mol. The first-order valence-electron chi connectivity index (χ1n) is 11.9. The summed E-state index contributed by atoms with van der Waals surface area (Å²) in [5, 5.41) is 2.94. The molecule has 218 valence electrons. The number of Topliss-reactive ketones (excluding diaryl/α,β-unsaturated/α-hetero) is 1. The summed E-state index contributed by atoms with van der Waals surface area (Å²) in [4.78, 5) is 45.4. The molecule has 3 saturated heterocycles. The van der Waals surface area contributed by atoms with Gasteiger partial charge in [0.1, 0.15) is 30.9 Å². The van der Waals surface area contributed by atoms with Gasteiger partial charge in [-0.2, -0.15) is 40.5 Å². The fraction of sp³-hybridized carbons (Fsp3) is 0.654. The molecule has 3 aliphatic rings. The highest BCUT2D eigenvalue weighted by Crippen LogP contribution is 2.32. The van der Waals surface area contributed by atoms with E-state index in [2.05, 4.69) is 22.2 Å². The normalized spacial score (nSPS) is 23.7. The summed E-state index contributed by atoms with van der Waals surface area (Å²) in [7, 11) is 3.67. The standard InChI is InChI=1S/C25H36N4O5.CH4.3H2S/c1-25(2,3)22(24(32)29-14-19(33-5)21-20(29)18(30)15-34-21)26-23(31)16-6-8-17(9-7-16)28-12-10-27(4)11-13-28;;;;/h6-9,19-22H,10-15H2,1-5H3,(H,26,31);1H4;3*1H2/t19-,20-,21-,22-;;;;/m1..../s1. The maximum absolute atomic E-state index is 13.6. The third-order valence-electron chi connectivity index (χ3n) is 7.11. The smallest absolute Gasteiger partial charge is 0.251 e. The number of hydrogen-bond acceptors (Lipinski definition) is 7. The highest BCUT2D eigenvalue weighted by Gasteiger charge is 2.54. The van der Waals surface area contributed by atoms with Crippen molar-refractivity contribution in [3.63, 3.8) is 0 Å². The molecule has 3 fully saturated rings. The molecule has 0 saturated carbocycles. The Morgan fingerprint density at radius 3 is 2.16 bits per heavy atom. The highest BCUT2D eigenvalue weighted by molar-refractivity contribution is 7.59. The highest BCUT2D eigenvalue weighted by atomic mass is 32.1. The van der Waals surface area contributed by atoms with Gasteiger partial charge in [-0.3, -0.25) is 14.4 Å². The lowest BCUT2D eigenvalue weighted by molar-refractivity contribution is -0.140. The van der Waals surface area contributed by atoms with Crippen molar-refractivity contribution in [2.45, 2.75) is 52.5 Å². The zero-order valence-corrected chi connectivity index (χ0v) is 25.2. The molecule has 1 aromatic carbocycles. The van der Waals surface area contributed by atoms with Crippen LogP contribution in [0.2, 0.25) is 0 Å². The molecule has 4 rings (SSSR count). The van der Waals surface area contributed by atoms with E-state index in [9.17, 15) is 14.4 Å². The van der Waals surface area contributed by atoms with E-state index in [1.165, 1.54) is 4.90 Å². The lowest BCUT2D eigenvalue weighted by atomic mass is 9.85. The summed E-state index contributed by atoms with van der Waals surface area (Å²) >= 11 is 0. The number of carbonyl (C=O) groups excluding carboxylic acids is 3. The van der Waals surface area contributed by atoms with E-state index in [1.807, 2.05) is 32.9 Å². The van der Waals surface area contributed by atoms with Gasteiger partial charge in [0.15, 0.2) is 5.78 Å². The number of methoxy groups -OCH3 is 1. The number of carbonyl (C=O) groups is 3. The van der Waals surface area contributed by atoms with E-state index in [4.69, 9.17) is 9.47 Å². The number of likely N-dealkylation sites (tertiary alicyclic amines) is 1. The molecule has 3 aliphatic heterocycles. The summed E-state index contributed by atoms with van der Waals surface area (Å²) in [6, 6.07) is 6.04. The molecule has 2 amide bonds. The monoisotopic (exact) mass is 590 g/mol. The number of benzene rings is 1. The quantitative estimate of drug-likeness (QED) is 0.559. The summed E-state index contributed by atoms with van der Waals surface area (Å²) < 4.78 is 11.1. The zero-order chi connectivity index (χ0) is 24.6. The molecular weight excluding hydrogens is 545 g/mol. The minimum atomic E-state index is -0.804. The molecular formula is C26H46N4O5S3. The van der Waals surface area contributed by atoms with Gasteiger partial charge in [-0.15, -0.1) is 0 Å². The number of amides is 2. The molecule has 0 bridgehead atoms. The van der Waals surface area contributed by atoms with Crippen molar-refractivity contribution in [2.75, 3.05) is 58.4 Å². The predicted octanol–water partition coefficient (Wildman–Crippen LogP) is 1.75. The maximum atomic E-state index is 13.6. The summed E-state index contributed by atoms with van der Waals surface area (Å²) in [6.45, 7) is 9.86. The number of rotatable bonds is 5. The van der Waals surface area contributed by atoms with E-state index < -0.39 is 23.6 Å². The zero-order valence-electron chi connectivity index (χ0n) is 22.2. The molecule has 1 N–H and O–H groups in total. The van der Waals surface area contributed by atoms with E-state index >= 15 is 0 Å². The van der Waals surface area contributed by atoms with Crippen molar-refractivity contribution >= 4 is 63.8 Å². The second-order valence-electron chi connectivity index (χ2n) is 10.6. The fourth-order valence-corrected chi connectivity index (χ4v) is 4.96. The second-order valence-corrected chi connectivity index (χ2v) is 10.6. The van der Waals surface area contributed by atoms with Crippen LogP contribution in [0.3, 0.4) is 0 Å². The number of nitrogens with one attached hydrogen (secondary N) is 1. The van der Waals surface area contributed by atoms with Crippen molar-refractivity contribution in [3.8, 4) is 0 Å². The van der Waals surface area contributed by atoms with E-state index in [1.54, 1.807) is 19.2 Å². The third-order valence-corrected chi connectivity index (χ3v) is 7.11. The summed E-state index contributed by atoms with van der Waals surface area (Å²) in [5.74, 6) is -0.731. The Labute approximate surface area is 248 Å². The lowest BCUT2D eigenvalue weighted by Crippen LogP contribution is -2.57. The Morgan fingerprint density at radius 2 is 1.63 bits per heavy atom. The minimum absolute atomic E-state index is 0. The van der Waals surface area contributed by atoms with Gasteiger partial charge in [0.25, 0.3) is 5.91 Å².